The Balaban J connectivity index is 3.02. The molecule has 0 saturated carbocycles. The number of rotatable bonds is 3. The number of nitrogens with two attached hydrogens (primary N) is 1. The van der Waals surface area contributed by atoms with Gasteiger partial charge in [0.05, 0.1) is 18.7 Å². The summed E-state index contributed by atoms with van der Waals surface area (Å²) in [7, 11) is 1.59. The van der Waals surface area contributed by atoms with Gasteiger partial charge >= 0.3 is 0 Å². The second-order valence-electron chi connectivity index (χ2n) is 2.68. The first-order valence-corrected chi connectivity index (χ1v) is 4.09. The number of nitrogens with zero attached hydrogens (tertiary/aromatic N) is 1. The number of methoxy groups -OCH3 is 1. The van der Waals surface area contributed by atoms with Crippen molar-refractivity contribution in [3.63, 3.8) is 0 Å². The van der Waals surface area contributed by atoms with Crippen LogP contribution in [0.25, 0.3) is 0 Å². The summed E-state index contributed by atoms with van der Waals surface area (Å²) in [6.45, 7) is 0.586. The van der Waals surface area contributed by atoms with Crippen molar-refractivity contribution in [3.05, 3.63) is 29.3 Å². The molecule has 0 spiro atoms. The van der Waals surface area contributed by atoms with E-state index in [1.54, 1.807) is 19.2 Å². The van der Waals surface area contributed by atoms with Crippen LogP contribution in [0.1, 0.15) is 11.1 Å². The van der Waals surface area contributed by atoms with Crippen LogP contribution in [0.15, 0.2) is 18.2 Å². The van der Waals surface area contributed by atoms with Crippen molar-refractivity contribution in [1.82, 2.24) is 0 Å². The standard InChI is InChI=1S/C10H12N2O/c1-13-10-6-8(7-12)2-3-9(10)4-5-11/h2-3,6H,4-5,11H2,1H3. The van der Waals surface area contributed by atoms with Gasteiger partial charge in [-0.15, -0.1) is 0 Å². The fourth-order valence-corrected chi connectivity index (χ4v) is 1.18. The van der Waals surface area contributed by atoms with Crippen molar-refractivity contribution in [3.8, 4) is 11.8 Å². The van der Waals surface area contributed by atoms with E-state index < -0.39 is 0 Å². The van der Waals surface area contributed by atoms with Crippen molar-refractivity contribution in [2.75, 3.05) is 13.7 Å². The first-order chi connectivity index (χ1) is 6.31. The molecular weight excluding hydrogens is 164 g/mol. The van der Waals surface area contributed by atoms with Crippen LogP contribution in [0.4, 0.5) is 0 Å². The number of hydrogen-bond acceptors (Lipinski definition) is 3. The molecule has 0 aliphatic carbocycles. The minimum absolute atomic E-state index is 0.586. The summed E-state index contributed by atoms with van der Waals surface area (Å²) in [4.78, 5) is 0. The lowest BCUT2D eigenvalue weighted by molar-refractivity contribution is 0.409. The Bertz CT molecular complexity index is 328. The Morgan fingerprint density at radius 2 is 2.31 bits per heavy atom. The SMILES string of the molecule is COc1cc(C#N)ccc1CCN. The lowest BCUT2D eigenvalue weighted by Gasteiger charge is -2.06. The molecule has 3 heteroatoms. The van der Waals surface area contributed by atoms with Gasteiger partial charge in [-0.05, 0) is 30.7 Å². The van der Waals surface area contributed by atoms with Crippen molar-refractivity contribution < 1.29 is 4.74 Å². The predicted octanol–water partition coefficient (Wildman–Crippen LogP) is 1.07. The third-order valence-corrected chi connectivity index (χ3v) is 1.83. The van der Waals surface area contributed by atoms with Gasteiger partial charge in [0, 0.05) is 0 Å². The van der Waals surface area contributed by atoms with Crippen molar-refractivity contribution in [2.24, 2.45) is 5.73 Å². The van der Waals surface area contributed by atoms with Crippen LogP contribution in [0.5, 0.6) is 5.75 Å². The fraction of sp³-hybridized carbons (Fsp3) is 0.300. The molecule has 1 aromatic carbocycles. The zero-order chi connectivity index (χ0) is 9.68. The molecule has 0 bridgehead atoms. The predicted molar refractivity (Wildman–Crippen MR) is 50.5 cm³/mol. The zero-order valence-electron chi connectivity index (χ0n) is 7.58. The maximum absolute atomic E-state index is 8.65. The molecule has 0 atom stereocenters. The highest BCUT2D eigenvalue weighted by Crippen LogP contribution is 2.19. The van der Waals surface area contributed by atoms with Crippen molar-refractivity contribution >= 4 is 0 Å². The van der Waals surface area contributed by atoms with Gasteiger partial charge in [0.15, 0.2) is 0 Å². The zero-order valence-corrected chi connectivity index (χ0v) is 7.58. The minimum atomic E-state index is 0.586. The van der Waals surface area contributed by atoms with Gasteiger partial charge in [-0.25, -0.2) is 0 Å². The molecule has 0 radical (unpaired) electrons. The summed E-state index contributed by atoms with van der Waals surface area (Å²) in [5, 5.41) is 8.65. The van der Waals surface area contributed by atoms with Crippen LogP contribution < -0.4 is 10.5 Å². The van der Waals surface area contributed by atoms with Gasteiger partial charge in [-0.2, -0.15) is 5.26 Å². The van der Waals surface area contributed by atoms with E-state index in [1.165, 1.54) is 0 Å². The first-order valence-electron chi connectivity index (χ1n) is 4.09. The maximum Gasteiger partial charge on any atom is 0.123 e. The highest BCUT2D eigenvalue weighted by molar-refractivity contribution is 5.42. The van der Waals surface area contributed by atoms with E-state index in [0.717, 1.165) is 17.7 Å². The number of ether oxygens (including phenoxy) is 1. The Kier molecular flexibility index (Phi) is 3.30. The molecule has 68 valence electrons. The van der Waals surface area contributed by atoms with E-state index in [9.17, 15) is 0 Å². The maximum atomic E-state index is 8.65. The van der Waals surface area contributed by atoms with Gasteiger partial charge < -0.3 is 10.5 Å². The molecular formula is C10H12N2O. The molecule has 2 N–H and O–H groups in total. The molecule has 0 fully saturated rings. The molecule has 13 heavy (non-hydrogen) atoms. The number of hydrogen-bond donors (Lipinski definition) is 1. The second-order valence-corrected chi connectivity index (χ2v) is 2.68. The van der Waals surface area contributed by atoms with E-state index in [1.807, 2.05) is 6.07 Å². The first kappa shape index (κ1) is 9.56. The van der Waals surface area contributed by atoms with Gasteiger partial charge in [-0.1, -0.05) is 6.07 Å². The molecule has 0 heterocycles. The summed E-state index contributed by atoms with van der Waals surface area (Å²) < 4.78 is 5.13. The Morgan fingerprint density at radius 3 is 2.85 bits per heavy atom. The quantitative estimate of drug-likeness (QED) is 0.749. The van der Waals surface area contributed by atoms with Crippen LogP contribution in [0.3, 0.4) is 0 Å². The molecule has 0 amide bonds. The molecule has 0 aliphatic heterocycles. The van der Waals surface area contributed by atoms with E-state index in [0.29, 0.717) is 12.1 Å². The average Bonchev–Trinajstić information content (AvgIpc) is 2.19. The average molecular weight is 176 g/mol. The summed E-state index contributed by atoms with van der Waals surface area (Å²) in [6.07, 6.45) is 0.773. The lowest BCUT2D eigenvalue weighted by atomic mass is 10.1. The highest BCUT2D eigenvalue weighted by atomic mass is 16.5. The molecule has 0 saturated heterocycles. The van der Waals surface area contributed by atoms with Crippen LogP contribution in [0.2, 0.25) is 0 Å². The molecule has 0 unspecified atom stereocenters. The van der Waals surface area contributed by atoms with Crippen molar-refractivity contribution in [2.45, 2.75) is 6.42 Å². The Morgan fingerprint density at radius 1 is 1.54 bits per heavy atom. The molecule has 0 aliphatic rings. The highest BCUT2D eigenvalue weighted by Gasteiger charge is 2.02. The molecule has 1 rings (SSSR count). The normalized spacial score (nSPS) is 9.31. The fourth-order valence-electron chi connectivity index (χ4n) is 1.18. The van der Waals surface area contributed by atoms with Crippen LogP contribution in [-0.2, 0) is 6.42 Å². The summed E-state index contributed by atoms with van der Waals surface area (Å²) in [5.74, 6) is 0.740. The summed E-state index contributed by atoms with van der Waals surface area (Å²) in [5.41, 5.74) is 7.09. The van der Waals surface area contributed by atoms with Crippen LogP contribution >= 0.6 is 0 Å². The van der Waals surface area contributed by atoms with Gasteiger partial charge in [0.1, 0.15) is 5.75 Å². The Labute approximate surface area is 77.7 Å². The lowest BCUT2D eigenvalue weighted by Crippen LogP contribution is -2.04. The monoisotopic (exact) mass is 176 g/mol. The molecule has 0 aromatic heterocycles. The molecule has 1 aromatic rings. The van der Waals surface area contributed by atoms with Gasteiger partial charge in [-0.3, -0.25) is 0 Å². The number of benzene rings is 1. The van der Waals surface area contributed by atoms with E-state index >= 15 is 0 Å². The summed E-state index contributed by atoms with van der Waals surface area (Å²) in [6, 6.07) is 7.44. The van der Waals surface area contributed by atoms with Gasteiger partial charge in [0.25, 0.3) is 0 Å². The van der Waals surface area contributed by atoms with Crippen LogP contribution in [0, 0.1) is 11.3 Å². The van der Waals surface area contributed by atoms with E-state index in [-0.39, 0.29) is 0 Å². The van der Waals surface area contributed by atoms with Crippen molar-refractivity contribution in [1.29, 1.82) is 5.26 Å². The topological polar surface area (TPSA) is 59.0 Å². The van der Waals surface area contributed by atoms with E-state index in [2.05, 4.69) is 6.07 Å². The summed E-state index contributed by atoms with van der Waals surface area (Å²) >= 11 is 0. The number of nitriles is 1. The van der Waals surface area contributed by atoms with Crippen LogP contribution in [-0.4, -0.2) is 13.7 Å². The Hall–Kier alpha value is -1.53. The third-order valence-electron chi connectivity index (χ3n) is 1.83. The smallest absolute Gasteiger partial charge is 0.123 e. The largest absolute Gasteiger partial charge is 0.496 e. The van der Waals surface area contributed by atoms with E-state index in [4.69, 9.17) is 15.7 Å². The second kappa shape index (κ2) is 4.48. The van der Waals surface area contributed by atoms with Gasteiger partial charge in [0.2, 0.25) is 0 Å². The molecule has 3 nitrogen and oxygen atoms in total. The minimum Gasteiger partial charge on any atom is -0.496 e. The third kappa shape index (κ3) is 2.20.